The first-order valence-electron chi connectivity index (χ1n) is 14.2. The van der Waals surface area contributed by atoms with E-state index < -0.39 is 21.7 Å². The number of imidazole rings is 1. The number of likely N-dealkylation sites (tertiary alicyclic amines) is 1. The van der Waals surface area contributed by atoms with Crippen molar-refractivity contribution in [3.05, 3.63) is 100.0 Å². The third-order valence-electron chi connectivity index (χ3n) is 7.41. The summed E-state index contributed by atoms with van der Waals surface area (Å²) in [4.78, 5) is 58.8. The molecule has 3 unspecified atom stereocenters. The lowest BCUT2D eigenvalue weighted by atomic mass is 9.92. The molecule has 0 bridgehead atoms. The Kier molecular flexibility index (Phi) is 9.40. The van der Waals surface area contributed by atoms with Gasteiger partial charge in [-0.15, -0.1) is 0 Å². The van der Waals surface area contributed by atoms with E-state index >= 15 is 0 Å². The number of halogens is 1. The zero-order valence-corrected chi connectivity index (χ0v) is 24.8. The fraction of sp³-hybridized carbons (Fsp3) is 0.344. The van der Waals surface area contributed by atoms with Gasteiger partial charge in [-0.1, -0.05) is 68.1 Å². The molecule has 43 heavy (non-hydrogen) atoms. The van der Waals surface area contributed by atoms with Crippen LogP contribution in [0.1, 0.15) is 41.9 Å². The van der Waals surface area contributed by atoms with Crippen LogP contribution in [0.5, 0.6) is 5.75 Å². The Morgan fingerprint density at radius 1 is 1.05 bits per heavy atom. The minimum absolute atomic E-state index is 0.0198. The summed E-state index contributed by atoms with van der Waals surface area (Å²) < 4.78 is 22.1. The van der Waals surface area contributed by atoms with Crippen molar-refractivity contribution in [3.8, 4) is 5.75 Å². The Morgan fingerprint density at radius 3 is 2.42 bits per heavy atom. The van der Waals surface area contributed by atoms with Crippen molar-refractivity contribution in [1.82, 2.24) is 18.9 Å². The molecule has 0 radical (unpaired) electrons. The van der Waals surface area contributed by atoms with Crippen molar-refractivity contribution in [3.63, 3.8) is 0 Å². The number of piperidine rings is 1. The molecule has 3 heterocycles. The summed E-state index contributed by atoms with van der Waals surface area (Å²) in [6, 6.07) is 14.9. The van der Waals surface area contributed by atoms with Crippen molar-refractivity contribution in [2.45, 2.75) is 45.1 Å². The van der Waals surface area contributed by atoms with E-state index in [4.69, 9.17) is 4.74 Å². The highest BCUT2D eigenvalue weighted by atomic mass is 32.2. The average Bonchev–Trinajstić information content (AvgIpc) is 3.39. The molecule has 2 aromatic heterocycles. The van der Waals surface area contributed by atoms with Crippen LogP contribution in [0.15, 0.2) is 71.8 Å². The molecule has 1 aliphatic heterocycles. The van der Waals surface area contributed by atoms with E-state index in [9.17, 15) is 23.6 Å². The van der Waals surface area contributed by atoms with Gasteiger partial charge in [-0.05, 0) is 47.9 Å². The van der Waals surface area contributed by atoms with Gasteiger partial charge in [0, 0.05) is 25.5 Å². The molecule has 3 atom stereocenters. The summed E-state index contributed by atoms with van der Waals surface area (Å²) in [5.74, 6) is 0.153. The van der Waals surface area contributed by atoms with E-state index in [2.05, 4.69) is 18.8 Å². The maximum Gasteiger partial charge on any atom is 0.302 e. The second kappa shape index (κ2) is 13.4. The van der Waals surface area contributed by atoms with Crippen LogP contribution in [-0.4, -0.2) is 54.5 Å². The van der Waals surface area contributed by atoms with Gasteiger partial charge in [0.15, 0.2) is 5.69 Å². The van der Waals surface area contributed by atoms with Crippen LogP contribution < -0.4 is 10.3 Å². The van der Waals surface area contributed by atoms with Gasteiger partial charge < -0.3 is 19.0 Å². The largest absolute Gasteiger partial charge is 0.481 e. The fourth-order valence-electron chi connectivity index (χ4n) is 5.45. The molecule has 0 saturated carbocycles. The highest BCUT2D eigenvalue weighted by Gasteiger charge is 2.28. The highest BCUT2D eigenvalue weighted by Crippen LogP contribution is 2.26. The number of carbonyl (C=O) groups excluding carboxylic acids is 3. The molecule has 11 heteroatoms. The maximum atomic E-state index is 13.7. The minimum Gasteiger partial charge on any atom is -0.481 e. The third kappa shape index (κ3) is 7.22. The summed E-state index contributed by atoms with van der Waals surface area (Å²) in [6.45, 7) is 5.54. The Morgan fingerprint density at radius 2 is 1.74 bits per heavy atom. The molecular weight excluding hydrogens is 571 g/mol. The van der Waals surface area contributed by atoms with Gasteiger partial charge in [0.1, 0.15) is 25.3 Å². The molecule has 1 fully saturated rings. The molecule has 5 rings (SSSR count). The maximum absolute atomic E-state index is 13.7. The van der Waals surface area contributed by atoms with E-state index in [1.807, 2.05) is 35.2 Å². The van der Waals surface area contributed by atoms with Crippen LogP contribution in [0.4, 0.5) is 4.39 Å². The molecule has 4 aromatic rings. The molecule has 1 saturated heterocycles. The SMILES string of the molecule is CC1CC(C)CN(C(=O)Cn2ccn3c(=O)c(OCc4ccccc4)c(C(=O)SC(C=O)Cc4ccc(F)cc4)nc23)C1. The Balaban J connectivity index is 1.46. The zero-order valence-electron chi connectivity index (χ0n) is 24.0. The predicted octanol–water partition coefficient (Wildman–Crippen LogP) is 4.40. The van der Waals surface area contributed by atoms with E-state index in [0.29, 0.717) is 36.8 Å². The fourth-order valence-corrected chi connectivity index (χ4v) is 6.31. The van der Waals surface area contributed by atoms with Crippen molar-refractivity contribution >= 4 is 34.8 Å². The topological polar surface area (TPSA) is 103 Å². The van der Waals surface area contributed by atoms with Crippen LogP contribution in [0.2, 0.25) is 0 Å². The standard InChI is InChI=1S/C32H33FN4O5S/c1-21-14-22(2)17-36(16-21)27(39)18-35-12-13-37-30(40)29(42-20-24-6-4-3-5-7-24)28(34-32(35)37)31(41)43-26(19-38)15-23-8-10-25(33)11-9-23/h3-13,19,21-22,26H,14-18,20H2,1-2H3. The number of nitrogens with zero attached hydrogens (tertiary/aromatic N) is 4. The number of aromatic nitrogens is 3. The monoisotopic (exact) mass is 604 g/mol. The molecule has 1 aliphatic rings. The summed E-state index contributed by atoms with van der Waals surface area (Å²) in [5, 5.41) is -1.43. The van der Waals surface area contributed by atoms with E-state index in [1.54, 1.807) is 22.9 Å². The van der Waals surface area contributed by atoms with Crippen LogP contribution in [0.25, 0.3) is 5.78 Å². The molecule has 2 aromatic carbocycles. The number of fused-ring (bicyclic) bond motifs is 1. The van der Waals surface area contributed by atoms with E-state index in [-0.39, 0.29) is 42.7 Å². The van der Waals surface area contributed by atoms with Gasteiger partial charge in [-0.3, -0.25) is 14.4 Å². The van der Waals surface area contributed by atoms with Crippen LogP contribution in [0.3, 0.4) is 0 Å². The number of amides is 1. The van der Waals surface area contributed by atoms with Crippen LogP contribution in [-0.2, 0) is 29.2 Å². The van der Waals surface area contributed by atoms with Gasteiger partial charge in [0.2, 0.25) is 22.5 Å². The quantitative estimate of drug-likeness (QED) is 0.247. The lowest BCUT2D eigenvalue weighted by molar-refractivity contribution is -0.134. The van der Waals surface area contributed by atoms with Gasteiger partial charge >= 0.3 is 5.56 Å². The first-order chi connectivity index (χ1) is 20.7. The van der Waals surface area contributed by atoms with Crippen molar-refractivity contribution < 1.29 is 23.5 Å². The average molecular weight is 605 g/mol. The van der Waals surface area contributed by atoms with Crippen molar-refractivity contribution in [1.29, 1.82) is 0 Å². The summed E-state index contributed by atoms with van der Waals surface area (Å²) in [6.07, 6.45) is 4.97. The number of benzene rings is 2. The van der Waals surface area contributed by atoms with Crippen LogP contribution >= 0.6 is 11.8 Å². The number of thioether (sulfide) groups is 1. The van der Waals surface area contributed by atoms with E-state index in [0.717, 1.165) is 23.7 Å². The smallest absolute Gasteiger partial charge is 0.302 e. The Bertz CT molecular complexity index is 1660. The first-order valence-corrected chi connectivity index (χ1v) is 15.1. The van der Waals surface area contributed by atoms with Gasteiger partial charge in [-0.2, -0.15) is 0 Å². The normalized spacial score (nSPS) is 17.5. The molecule has 0 spiro atoms. The highest BCUT2D eigenvalue weighted by molar-refractivity contribution is 8.15. The number of hydrogen-bond acceptors (Lipinski definition) is 7. The van der Waals surface area contributed by atoms with Gasteiger partial charge in [0.05, 0.1) is 5.25 Å². The lowest BCUT2D eigenvalue weighted by Crippen LogP contribution is -2.44. The summed E-state index contributed by atoms with van der Waals surface area (Å²) in [5.41, 5.74) is 0.631. The molecule has 0 aliphatic carbocycles. The van der Waals surface area contributed by atoms with Crippen molar-refractivity contribution in [2.24, 2.45) is 11.8 Å². The minimum atomic E-state index is -0.809. The number of rotatable bonds is 10. The first kappa shape index (κ1) is 30.2. The number of carbonyl (C=O) groups is 3. The van der Waals surface area contributed by atoms with Crippen molar-refractivity contribution in [2.75, 3.05) is 13.1 Å². The van der Waals surface area contributed by atoms with Gasteiger partial charge in [-0.25, -0.2) is 13.8 Å². The second-order valence-electron chi connectivity index (χ2n) is 11.1. The third-order valence-corrected chi connectivity index (χ3v) is 8.40. The van der Waals surface area contributed by atoms with Crippen LogP contribution in [0, 0.1) is 17.7 Å². The number of ether oxygens (including phenoxy) is 1. The predicted molar refractivity (Wildman–Crippen MR) is 162 cm³/mol. The second-order valence-corrected chi connectivity index (χ2v) is 12.3. The zero-order chi connectivity index (χ0) is 30.5. The van der Waals surface area contributed by atoms with E-state index in [1.165, 1.54) is 22.7 Å². The molecule has 9 nitrogen and oxygen atoms in total. The number of aldehydes is 1. The molecule has 0 N–H and O–H groups in total. The Hall–Kier alpha value is -4.25. The number of hydrogen-bond donors (Lipinski definition) is 0. The summed E-state index contributed by atoms with van der Waals surface area (Å²) in [7, 11) is 0. The molecule has 224 valence electrons. The lowest BCUT2D eigenvalue weighted by Gasteiger charge is -2.35. The van der Waals surface area contributed by atoms with Gasteiger partial charge in [0.25, 0.3) is 0 Å². The molecular formula is C32H33FN4O5S. The summed E-state index contributed by atoms with van der Waals surface area (Å²) >= 11 is 0.720. The Labute approximate surface area is 252 Å². The molecule has 1 amide bonds.